The van der Waals surface area contributed by atoms with E-state index in [0.717, 1.165) is 44.8 Å². The zero-order valence-corrected chi connectivity index (χ0v) is 19.6. The van der Waals surface area contributed by atoms with Crippen molar-refractivity contribution < 1.29 is 19.8 Å². The summed E-state index contributed by atoms with van der Waals surface area (Å²) in [5.74, 6) is 1.34. The zero-order chi connectivity index (χ0) is 21.9. The Hall–Kier alpha value is -0.810. The first-order valence-corrected chi connectivity index (χ1v) is 13.3. The summed E-state index contributed by atoms with van der Waals surface area (Å²) < 4.78 is 0. The number of likely N-dealkylation sites (tertiary alicyclic amines) is 2. The number of primary amides is 1. The van der Waals surface area contributed by atoms with Crippen molar-refractivity contribution in [1.29, 1.82) is 0 Å². The van der Waals surface area contributed by atoms with Crippen molar-refractivity contribution in [3.05, 3.63) is 0 Å². The quantitative estimate of drug-likeness (QED) is 0.262. The lowest BCUT2D eigenvalue weighted by atomic mass is 9.90. The standard InChI is InChI=1S/C23H43N7O2/c24-21(31)17-6-11-29(12-7-17)20-13-18(5-9-26-20)22-27-23(32-28-22)19-4-2-10-30(19)15-16-3-1-8-25-14-16/h16-20,22-23,25-28H,1-15H2,(H2,24,31)/p+2/t16?,18?,19-,20?,22?,23?/m0/s1. The second kappa shape index (κ2) is 10.6. The Labute approximate surface area is 192 Å². The number of hydrogen-bond acceptors (Lipinski definition) is 6. The molecule has 6 unspecified atom stereocenters. The highest BCUT2D eigenvalue weighted by Gasteiger charge is 2.45. The van der Waals surface area contributed by atoms with Crippen LogP contribution >= 0.6 is 0 Å². The van der Waals surface area contributed by atoms with Crippen LogP contribution in [0.5, 0.6) is 0 Å². The number of hydroxylamine groups is 1. The van der Waals surface area contributed by atoms with E-state index in [1.807, 2.05) is 0 Å². The van der Waals surface area contributed by atoms with E-state index < -0.39 is 0 Å². The molecule has 5 aliphatic rings. The van der Waals surface area contributed by atoms with Crippen LogP contribution < -0.4 is 32.1 Å². The van der Waals surface area contributed by atoms with Crippen molar-refractivity contribution >= 4 is 5.91 Å². The summed E-state index contributed by atoms with van der Waals surface area (Å²) in [6.45, 7) is 8.08. The van der Waals surface area contributed by atoms with Gasteiger partial charge in [-0.05, 0) is 32.2 Å². The maximum atomic E-state index is 11.5. The van der Waals surface area contributed by atoms with Gasteiger partial charge in [0.25, 0.3) is 0 Å². The van der Waals surface area contributed by atoms with Gasteiger partial charge in [-0.25, -0.2) is 0 Å². The summed E-state index contributed by atoms with van der Waals surface area (Å²) in [5.41, 5.74) is 8.91. The summed E-state index contributed by atoms with van der Waals surface area (Å²) in [6, 6.07) is 0.563. The maximum Gasteiger partial charge on any atom is 0.220 e. The molecule has 9 heteroatoms. The van der Waals surface area contributed by atoms with Gasteiger partial charge in [0.1, 0.15) is 12.2 Å². The van der Waals surface area contributed by atoms with Crippen LogP contribution in [-0.2, 0) is 9.63 Å². The molecule has 0 aromatic heterocycles. The zero-order valence-electron chi connectivity index (χ0n) is 19.6. The third kappa shape index (κ3) is 5.29. The van der Waals surface area contributed by atoms with E-state index in [4.69, 9.17) is 10.6 Å². The molecule has 0 radical (unpaired) electrons. The Balaban J connectivity index is 1.11. The Morgan fingerprint density at radius 2 is 2.03 bits per heavy atom. The minimum Gasteiger partial charge on any atom is -0.369 e. The van der Waals surface area contributed by atoms with Gasteiger partial charge in [0.15, 0.2) is 6.23 Å². The summed E-state index contributed by atoms with van der Waals surface area (Å²) >= 11 is 0. The molecule has 5 heterocycles. The lowest BCUT2D eigenvalue weighted by Crippen LogP contribution is -3.16. The van der Waals surface area contributed by atoms with E-state index in [1.54, 1.807) is 4.90 Å². The molecule has 0 saturated carbocycles. The fourth-order valence-electron chi connectivity index (χ4n) is 6.99. The summed E-state index contributed by atoms with van der Waals surface area (Å²) in [4.78, 5) is 22.0. The highest BCUT2D eigenvalue weighted by atomic mass is 16.7. The molecule has 7 atom stereocenters. The average Bonchev–Trinajstić information content (AvgIpc) is 3.49. The van der Waals surface area contributed by atoms with Gasteiger partial charge in [0.2, 0.25) is 5.91 Å². The van der Waals surface area contributed by atoms with Gasteiger partial charge < -0.3 is 21.3 Å². The third-order valence-corrected chi connectivity index (χ3v) is 8.91. The summed E-state index contributed by atoms with van der Waals surface area (Å²) in [6.07, 6.45) is 10.4. The highest BCUT2D eigenvalue weighted by Crippen LogP contribution is 2.25. The van der Waals surface area contributed by atoms with Gasteiger partial charge in [-0.1, -0.05) is 0 Å². The number of carbonyl (C=O) groups is 1. The number of nitrogens with two attached hydrogens (primary N) is 2. The lowest BCUT2D eigenvalue weighted by Gasteiger charge is -2.39. The molecule has 5 aliphatic heterocycles. The van der Waals surface area contributed by atoms with Crippen LogP contribution in [0.1, 0.15) is 51.4 Å². The molecule has 8 N–H and O–H groups in total. The number of nitrogens with one attached hydrogen (secondary N) is 4. The molecular weight excluding hydrogens is 406 g/mol. The van der Waals surface area contributed by atoms with Gasteiger partial charge in [-0.3, -0.25) is 19.8 Å². The molecule has 1 amide bonds. The predicted octanol–water partition coefficient (Wildman–Crippen LogP) is -2.69. The fraction of sp³-hybridized carbons (Fsp3) is 0.957. The van der Waals surface area contributed by atoms with E-state index in [-0.39, 0.29) is 24.2 Å². The van der Waals surface area contributed by atoms with E-state index in [1.165, 1.54) is 58.3 Å². The van der Waals surface area contributed by atoms with Crippen LogP contribution in [-0.4, -0.2) is 81.2 Å². The first-order chi connectivity index (χ1) is 15.7. The number of rotatable bonds is 6. The number of amides is 1. The van der Waals surface area contributed by atoms with Crippen LogP contribution in [0.25, 0.3) is 0 Å². The van der Waals surface area contributed by atoms with Crippen molar-refractivity contribution in [2.24, 2.45) is 23.5 Å². The predicted molar refractivity (Wildman–Crippen MR) is 121 cm³/mol. The molecule has 0 bridgehead atoms. The fourth-order valence-corrected chi connectivity index (χ4v) is 6.99. The maximum absolute atomic E-state index is 11.5. The molecule has 182 valence electrons. The first-order valence-electron chi connectivity index (χ1n) is 13.3. The van der Waals surface area contributed by atoms with E-state index >= 15 is 0 Å². The van der Waals surface area contributed by atoms with E-state index in [2.05, 4.69) is 26.3 Å². The Morgan fingerprint density at radius 1 is 1.16 bits per heavy atom. The number of nitrogens with zero attached hydrogens (tertiary/aromatic N) is 1. The van der Waals surface area contributed by atoms with Gasteiger partial charge >= 0.3 is 0 Å². The molecule has 0 aliphatic carbocycles. The smallest absolute Gasteiger partial charge is 0.220 e. The van der Waals surface area contributed by atoms with Gasteiger partial charge in [0, 0.05) is 63.1 Å². The largest absolute Gasteiger partial charge is 0.369 e. The molecule has 32 heavy (non-hydrogen) atoms. The topological polar surface area (TPSA) is 113 Å². The molecule has 0 aromatic carbocycles. The minimum absolute atomic E-state index is 0.0687. The Kier molecular flexibility index (Phi) is 7.63. The number of hydrogen-bond donors (Lipinski definition) is 6. The van der Waals surface area contributed by atoms with Gasteiger partial charge in [-0.15, -0.1) is 0 Å². The number of carbonyl (C=O) groups excluding carboxylic acids is 1. The van der Waals surface area contributed by atoms with Crippen molar-refractivity contribution in [2.75, 3.05) is 45.8 Å². The molecule has 9 nitrogen and oxygen atoms in total. The van der Waals surface area contributed by atoms with Crippen LogP contribution in [0, 0.1) is 17.8 Å². The van der Waals surface area contributed by atoms with Crippen molar-refractivity contribution in [3.63, 3.8) is 0 Å². The van der Waals surface area contributed by atoms with Crippen LogP contribution in [0.3, 0.4) is 0 Å². The third-order valence-electron chi connectivity index (χ3n) is 8.91. The second-order valence-corrected chi connectivity index (χ2v) is 11.0. The molecule has 0 spiro atoms. The first kappa shape index (κ1) is 23.0. The normalized spacial score (nSPS) is 42.3. The van der Waals surface area contributed by atoms with Crippen molar-refractivity contribution in [2.45, 2.75) is 76.0 Å². The van der Waals surface area contributed by atoms with Gasteiger partial charge in [0.05, 0.1) is 25.8 Å². The SMILES string of the molecule is NC(=O)C1CCN(C2CC(C3NOC([C@@H]4CCC[NH+]4CC4CCCNC4)N3)CC[NH2+]2)CC1. The summed E-state index contributed by atoms with van der Waals surface area (Å²) in [5, 5.41) is 9.93. The van der Waals surface area contributed by atoms with Gasteiger partial charge in [-0.2, -0.15) is 5.48 Å². The van der Waals surface area contributed by atoms with Crippen molar-refractivity contribution in [1.82, 2.24) is 21.0 Å². The Morgan fingerprint density at radius 3 is 2.81 bits per heavy atom. The molecule has 0 aromatic rings. The molecule has 5 fully saturated rings. The number of quaternary nitrogens is 2. The van der Waals surface area contributed by atoms with Crippen molar-refractivity contribution in [3.8, 4) is 0 Å². The second-order valence-electron chi connectivity index (χ2n) is 11.0. The van der Waals surface area contributed by atoms with Crippen LogP contribution in [0.4, 0.5) is 0 Å². The van der Waals surface area contributed by atoms with E-state index in [0.29, 0.717) is 18.1 Å². The minimum atomic E-state index is -0.125. The summed E-state index contributed by atoms with van der Waals surface area (Å²) in [7, 11) is 0. The molecule has 5 rings (SSSR count). The van der Waals surface area contributed by atoms with Crippen LogP contribution in [0.15, 0.2) is 0 Å². The Bertz CT molecular complexity index is 623. The molecular formula is C23H45N7O2+2. The average molecular weight is 452 g/mol. The molecule has 5 saturated heterocycles. The lowest BCUT2D eigenvalue weighted by molar-refractivity contribution is -0.919. The van der Waals surface area contributed by atoms with E-state index in [9.17, 15) is 4.79 Å². The van der Waals surface area contributed by atoms with Crippen LogP contribution in [0.2, 0.25) is 0 Å². The number of piperidine rings is 3. The monoisotopic (exact) mass is 451 g/mol. The highest BCUT2D eigenvalue weighted by molar-refractivity contribution is 5.76.